The third kappa shape index (κ3) is 4.35. The largest absolute Gasteiger partial charge is 0.497 e. The number of hydrogen-bond acceptors (Lipinski definition) is 4. The van der Waals surface area contributed by atoms with Crippen molar-refractivity contribution in [2.24, 2.45) is 0 Å². The second-order valence-electron chi connectivity index (χ2n) is 7.50. The third-order valence-corrected chi connectivity index (χ3v) is 5.65. The topological polar surface area (TPSA) is 74.9 Å². The smallest absolute Gasteiger partial charge is 0.257 e. The molecule has 0 unspecified atom stereocenters. The fourth-order valence-corrected chi connectivity index (χ4v) is 3.96. The summed E-state index contributed by atoms with van der Waals surface area (Å²) in [4.78, 5) is 32.7. The summed E-state index contributed by atoms with van der Waals surface area (Å²) in [6, 6.07) is 13.1. The van der Waals surface area contributed by atoms with Crippen LogP contribution in [0.25, 0.3) is 10.9 Å². The lowest BCUT2D eigenvalue weighted by Gasteiger charge is -2.35. The van der Waals surface area contributed by atoms with Crippen LogP contribution in [0.4, 0.5) is 0 Å². The quantitative estimate of drug-likeness (QED) is 0.664. The van der Waals surface area contributed by atoms with Crippen LogP contribution in [-0.2, 0) is 11.2 Å². The summed E-state index contributed by atoms with van der Waals surface area (Å²) in [5.41, 5.74) is 2.49. The van der Waals surface area contributed by atoms with E-state index in [2.05, 4.69) is 4.98 Å². The van der Waals surface area contributed by atoms with Crippen LogP contribution >= 0.6 is 0 Å². The van der Waals surface area contributed by atoms with Gasteiger partial charge in [-0.15, -0.1) is 0 Å². The Kier molecular flexibility index (Phi) is 6.11. The summed E-state index contributed by atoms with van der Waals surface area (Å²) < 4.78 is 10.9. The van der Waals surface area contributed by atoms with Gasteiger partial charge in [-0.1, -0.05) is 12.1 Å². The van der Waals surface area contributed by atoms with Crippen molar-refractivity contribution < 1.29 is 19.1 Å². The Morgan fingerprint density at radius 2 is 1.77 bits per heavy atom. The van der Waals surface area contributed by atoms with E-state index in [9.17, 15) is 9.59 Å². The predicted molar refractivity (Wildman–Crippen MR) is 119 cm³/mol. The molecule has 0 radical (unpaired) electrons. The molecule has 7 heteroatoms. The molecule has 0 bridgehead atoms. The van der Waals surface area contributed by atoms with E-state index in [4.69, 9.17) is 9.47 Å². The van der Waals surface area contributed by atoms with E-state index in [0.29, 0.717) is 50.5 Å². The highest BCUT2D eigenvalue weighted by Gasteiger charge is 2.26. The van der Waals surface area contributed by atoms with Gasteiger partial charge in [0.05, 0.1) is 25.7 Å². The van der Waals surface area contributed by atoms with E-state index in [0.717, 1.165) is 22.2 Å². The number of fused-ring (bicyclic) bond motifs is 1. The second kappa shape index (κ2) is 9.12. The second-order valence-corrected chi connectivity index (χ2v) is 7.50. The zero-order valence-electron chi connectivity index (χ0n) is 17.9. The number of nitrogens with one attached hydrogen (secondary N) is 1. The highest BCUT2D eigenvalue weighted by molar-refractivity contribution is 5.97. The number of para-hydroxylation sites is 1. The van der Waals surface area contributed by atoms with E-state index in [1.54, 1.807) is 18.1 Å². The number of carbonyl (C=O) groups excluding carboxylic acids is 2. The lowest BCUT2D eigenvalue weighted by atomic mass is 10.1. The first-order valence-electron chi connectivity index (χ1n) is 10.5. The van der Waals surface area contributed by atoms with Crippen LogP contribution in [-0.4, -0.2) is 66.5 Å². The van der Waals surface area contributed by atoms with Crippen LogP contribution in [0, 0.1) is 0 Å². The zero-order valence-corrected chi connectivity index (χ0v) is 17.9. The maximum absolute atomic E-state index is 13.0. The molecule has 31 heavy (non-hydrogen) atoms. The highest BCUT2D eigenvalue weighted by atomic mass is 16.5. The molecule has 1 N–H and O–H groups in total. The van der Waals surface area contributed by atoms with Gasteiger partial charge in [0.15, 0.2) is 0 Å². The van der Waals surface area contributed by atoms with Gasteiger partial charge >= 0.3 is 0 Å². The summed E-state index contributed by atoms with van der Waals surface area (Å²) in [5.74, 6) is 1.37. The van der Waals surface area contributed by atoms with E-state index in [1.165, 1.54) is 0 Å². The number of ether oxygens (including phenoxy) is 2. The monoisotopic (exact) mass is 421 g/mol. The van der Waals surface area contributed by atoms with Crippen molar-refractivity contribution in [2.45, 2.75) is 13.3 Å². The van der Waals surface area contributed by atoms with Gasteiger partial charge in [-0.2, -0.15) is 0 Å². The molecular weight excluding hydrogens is 394 g/mol. The molecule has 2 aromatic carbocycles. The Morgan fingerprint density at radius 3 is 2.52 bits per heavy atom. The summed E-state index contributed by atoms with van der Waals surface area (Å²) in [5, 5.41) is 0.994. The third-order valence-electron chi connectivity index (χ3n) is 5.65. The molecular formula is C24H27N3O4. The van der Waals surface area contributed by atoms with Crippen LogP contribution < -0.4 is 9.47 Å². The van der Waals surface area contributed by atoms with Crippen LogP contribution in [0.15, 0.2) is 48.7 Å². The standard InChI is InChI=1S/C24H27N3O4/c1-3-31-22-7-5-4-6-19(22)24(29)27-12-10-26(11-13-27)23(28)14-17-16-25-21-9-8-18(30-2)15-20(17)21/h4-9,15-16,25H,3,10-14H2,1-2H3. The Hall–Kier alpha value is -3.48. The number of methoxy groups -OCH3 is 1. The Morgan fingerprint density at radius 1 is 1.03 bits per heavy atom. The SMILES string of the molecule is CCOc1ccccc1C(=O)N1CCN(C(=O)Cc2c[nH]c3ccc(OC)cc23)CC1. The van der Waals surface area contributed by atoms with Crippen molar-refractivity contribution >= 4 is 22.7 Å². The first-order valence-corrected chi connectivity index (χ1v) is 10.5. The van der Waals surface area contributed by atoms with Crippen LogP contribution in [0.2, 0.25) is 0 Å². The van der Waals surface area contributed by atoms with Crippen molar-refractivity contribution in [3.63, 3.8) is 0 Å². The van der Waals surface area contributed by atoms with Crippen molar-refractivity contribution in [1.29, 1.82) is 0 Å². The van der Waals surface area contributed by atoms with E-state index in [-0.39, 0.29) is 11.8 Å². The molecule has 1 saturated heterocycles. The van der Waals surface area contributed by atoms with Crippen LogP contribution in [0.5, 0.6) is 11.5 Å². The maximum Gasteiger partial charge on any atom is 0.257 e. The fraction of sp³-hybridized carbons (Fsp3) is 0.333. The van der Waals surface area contributed by atoms with Crippen molar-refractivity contribution in [3.05, 3.63) is 59.8 Å². The lowest BCUT2D eigenvalue weighted by molar-refractivity contribution is -0.131. The summed E-state index contributed by atoms with van der Waals surface area (Å²) in [6.07, 6.45) is 2.20. The zero-order chi connectivity index (χ0) is 21.8. The number of rotatable bonds is 6. The number of amides is 2. The van der Waals surface area contributed by atoms with Gasteiger partial charge in [0, 0.05) is 43.3 Å². The van der Waals surface area contributed by atoms with Crippen molar-refractivity contribution in [1.82, 2.24) is 14.8 Å². The van der Waals surface area contributed by atoms with Gasteiger partial charge in [-0.25, -0.2) is 0 Å². The number of carbonyl (C=O) groups is 2. The normalized spacial score (nSPS) is 14.0. The Bertz CT molecular complexity index is 1080. The minimum absolute atomic E-state index is 0.0557. The summed E-state index contributed by atoms with van der Waals surface area (Å²) in [6.45, 7) is 4.46. The van der Waals surface area contributed by atoms with Crippen LogP contribution in [0.3, 0.4) is 0 Å². The molecule has 1 aliphatic rings. The van der Waals surface area contributed by atoms with Crippen molar-refractivity contribution in [2.75, 3.05) is 39.9 Å². The minimum atomic E-state index is -0.0557. The summed E-state index contributed by atoms with van der Waals surface area (Å²) >= 11 is 0. The van der Waals surface area contributed by atoms with Gasteiger partial charge in [0.1, 0.15) is 11.5 Å². The Balaban J connectivity index is 1.39. The van der Waals surface area contributed by atoms with Gasteiger partial charge in [0.25, 0.3) is 5.91 Å². The number of nitrogens with zero attached hydrogens (tertiary/aromatic N) is 2. The Labute approximate surface area is 181 Å². The number of piperazine rings is 1. The minimum Gasteiger partial charge on any atom is -0.497 e. The molecule has 4 rings (SSSR count). The van der Waals surface area contributed by atoms with Crippen LogP contribution in [0.1, 0.15) is 22.8 Å². The molecule has 1 aromatic heterocycles. The van der Waals surface area contributed by atoms with E-state index in [1.807, 2.05) is 54.4 Å². The predicted octanol–water partition coefficient (Wildman–Crippen LogP) is 3.10. The van der Waals surface area contributed by atoms with Crippen molar-refractivity contribution in [3.8, 4) is 11.5 Å². The first-order chi connectivity index (χ1) is 15.1. The molecule has 2 amide bonds. The van der Waals surface area contributed by atoms with Gasteiger partial charge < -0.3 is 24.3 Å². The highest BCUT2D eigenvalue weighted by Crippen LogP contribution is 2.25. The molecule has 162 valence electrons. The number of aromatic nitrogens is 1. The lowest BCUT2D eigenvalue weighted by Crippen LogP contribution is -2.51. The fourth-order valence-electron chi connectivity index (χ4n) is 3.96. The molecule has 0 spiro atoms. The molecule has 0 aliphatic carbocycles. The van der Waals surface area contributed by atoms with Gasteiger partial charge in [0.2, 0.25) is 5.91 Å². The molecule has 0 atom stereocenters. The molecule has 7 nitrogen and oxygen atoms in total. The van der Waals surface area contributed by atoms with Gasteiger partial charge in [-0.3, -0.25) is 9.59 Å². The van der Waals surface area contributed by atoms with E-state index >= 15 is 0 Å². The molecule has 2 heterocycles. The number of benzene rings is 2. The first kappa shape index (κ1) is 20.8. The molecule has 1 aliphatic heterocycles. The summed E-state index contributed by atoms with van der Waals surface area (Å²) in [7, 11) is 1.63. The molecule has 1 fully saturated rings. The number of aromatic amines is 1. The maximum atomic E-state index is 13.0. The molecule has 0 saturated carbocycles. The van der Waals surface area contributed by atoms with Gasteiger partial charge in [-0.05, 0) is 42.8 Å². The average Bonchev–Trinajstić information content (AvgIpc) is 3.21. The van der Waals surface area contributed by atoms with E-state index < -0.39 is 0 Å². The number of H-pyrrole nitrogens is 1. The molecule has 3 aromatic rings. The average molecular weight is 421 g/mol. The number of hydrogen-bond donors (Lipinski definition) is 1.